The number of imide groups is 2. The number of rotatable bonds is 9. The Balaban J connectivity index is 1.20. The fourth-order valence-corrected chi connectivity index (χ4v) is 4.17. The summed E-state index contributed by atoms with van der Waals surface area (Å²) < 4.78 is 0. The van der Waals surface area contributed by atoms with Gasteiger partial charge in [-0.25, -0.2) is 0 Å². The van der Waals surface area contributed by atoms with Crippen LogP contribution >= 0.6 is 0 Å². The molecule has 2 unspecified atom stereocenters. The number of unbranched alkanes of at least 4 members (excludes halogenated alkanes) is 1. The van der Waals surface area contributed by atoms with E-state index in [9.17, 15) is 29.4 Å². The van der Waals surface area contributed by atoms with E-state index in [1.54, 1.807) is 48.5 Å². The Morgan fingerprint density at radius 3 is 1.12 bits per heavy atom. The van der Waals surface area contributed by atoms with Gasteiger partial charge in [0.25, 0.3) is 23.6 Å². The van der Waals surface area contributed by atoms with Gasteiger partial charge in [0.05, 0.1) is 47.6 Å². The summed E-state index contributed by atoms with van der Waals surface area (Å²) in [5.41, 5.74) is 1.39. The predicted molar refractivity (Wildman–Crippen MR) is 114 cm³/mol. The first-order valence-corrected chi connectivity index (χ1v) is 10.6. The van der Waals surface area contributed by atoms with Crippen molar-refractivity contribution in [2.24, 2.45) is 0 Å². The highest BCUT2D eigenvalue weighted by Gasteiger charge is 2.37. The van der Waals surface area contributed by atoms with Gasteiger partial charge in [-0.2, -0.15) is 0 Å². The van der Waals surface area contributed by atoms with Gasteiger partial charge in [-0.1, -0.05) is 37.1 Å². The van der Waals surface area contributed by atoms with Crippen LogP contribution in [0.4, 0.5) is 0 Å². The average molecular weight is 436 g/mol. The van der Waals surface area contributed by atoms with Crippen LogP contribution < -0.4 is 0 Å². The molecular formula is C24H24N2O6. The summed E-state index contributed by atoms with van der Waals surface area (Å²) in [6, 6.07) is 13.1. The van der Waals surface area contributed by atoms with Crippen LogP contribution in [0, 0.1) is 0 Å². The zero-order valence-electron chi connectivity index (χ0n) is 17.4. The SMILES string of the molecule is O=C1c2ccccc2C(=O)N1CC(O)CCCCC(O)CN1C(=O)c2ccccc2C1=O. The maximum atomic E-state index is 12.4. The van der Waals surface area contributed by atoms with Gasteiger partial charge in [0.1, 0.15) is 0 Å². The molecule has 0 spiro atoms. The molecule has 2 aromatic rings. The van der Waals surface area contributed by atoms with Crippen LogP contribution in [0.3, 0.4) is 0 Å². The van der Waals surface area contributed by atoms with E-state index < -0.39 is 35.8 Å². The number of benzene rings is 2. The number of aliphatic hydroxyl groups is 2. The monoisotopic (exact) mass is 436 g/mol. The molecule has 2 aromatic carbocycles. The molecule has 0 radical (unpaired) electrons. The number of amides is 4. The zero-order chi connectivity index (χ0) is 22.8. The second-order valence-electron chi connectivity index (χ2n) is 8.13. The molecule has 0 aromatic heterocycles. The Morgan fingerprint density at radius 2 is 0.844 bits per heavy atom. The fourth-order valence-electron chi connectivity index (χ4n) is 4.17. The van der Waals surface area contributed by atoms with Gasteiger partial charge in [-0.15, -0.1) is 0 Å². The number of carbonyl (C=O) groups is 4. The van der Waals surface area contributed by atoms with E-state index in [4.69, 9.17) is 0 Å². The van der Waals surface area contributed by atoms with E-state index in [0.29, 0.717) is 47.9 Å². The molecular weight excluding hydrogens is 412 g/mol. The number of nitrogens with zero attached hydrogens (tertiary/aromatic N) is 2. The summed E-state index contributed by atoms with van der Waals surface area (Å²) in [7, 11) is 0. The second-order valence-corrected chi connectivity index (χ2v) is 8.13. The van der Waals surface area contributed by atoms with Crippen molar-refractivity contribution >= 4 is 23.6 Å². The van der Waals surface area contributed by atoms with Gasteiger partial charge in [-0.05, 0) is 37.1 Å². The summed E-state index contributed by atoms with van der Waals surface area (Å²) in [6.45, 7) is -0.159. The van der Waals surface area contributed by atoms with Crippen LogP contribution in [0.25, 0.3) is 0 Å². The standard InChI is InChI=1S/C24H24N2O6/c27-15(13-25-21(29)17-9-3-4-10-18(17)22(25)30)7-1-2-8-16(28)14-26-23(31)19-11-5-6-12-20(19)24(26)32/h3-6,9-12,15-16,27-28H,1-2,7-8,13-14H2. The zero-order valence-corrected chi connectivity index (χ0v) is 17.4. The smallest absolute Gasteiger partial charge is 0.261 e. The van der Waals surface area contributed by atoms with Gasteiger partial charge in [0.2, 0.25) is 0 Å². The highest BCUT2D eigenvalue weighted by molar-refractivity contribution is 6.22. The molecule has 2 atom stereocenters. The minimum Gasteiger partial charge on any atom is -0.391 e. The van der Waals surface area contributed by atoms with Crippen LogP contribution in [0.15, 0.2) is 48.5 Å². The summed E-state index contributed by atoms with van der Waals surface area (Å²) >= 11 is 0. The van der Waals surface area contributed by atoms with E-state index in [1.807, 2.05) is 0 Å². The van der Waals surface area contributed by atoms with E-state index >= 15 is 0 Å². The van der Waals surface area contributed by atoms with Gasteiger partial charge < -0.3 is 10.2 Å². The molecule has 2 aliphatic rings. The van der Waals surface area contributed by atoms with Crippen molar-refractivity contribution in [1.82, 2.24) is 9.80 Å². The van der Waals surface area contributed by atoms with E-state index in [1.165, 1.54) is 0 Å². The minimum atomic E-state index is -0.870. The van der Waals surface area contributed by atoms with Gasteiger partial charge in [0, 0.05) is 0 Å². The number of aliphatic hydroxyl groups excluding tert-OH is 2. The lowest BCUT2D eigenvalue weighted by Gasteiger charge is -2.20. The average Bonchev–Trinajstić information content (AvgIpc) is 3.18. The van der Waals surface area contributed by atoms with Crippen LogP contribution in [0.1, 0.15) is 67.1 Å². The maximum absolute atomic E-state index is 12.4. The number of fused-ring (bicyclic) bond motifs is 2. The predicted octanol–water partition coefficient (Wildman–Crippen LogP) is 1.86. The maximum Gasteiger partial charge on any atom is 0.261 e. The van der Waals surface area contributed by atoms with Crippen molar-refractivity contribution in [3.63, 3.8) is 0 Å². The molecule has 0 fully saturated rings. The molecule has 4 rings (SSSR count). The first-order valence-electron chi connectivity index (χ1n) is 10.6. The molecule has 8 heteroatoms. The number of carbonyl (C=O) groups excluding carboxylic acids is 4. The number of hydrogen-bond donors (Lipinski definition) is 2. The molecule has 2 aliphatic heterocycles. The third-order valence-corrected chi connectivity index (χ3v) is 5.87. The van der Waals surface area contributed by atoms with Crippen LogP contribution in [-0.4, -0.2) is 68.9 Å². The quantitative estimate of drug-likeness (QED) is 0.458. The third-order valence-electron chi connectivity index (χ3n) is 5.87. The van der Waals surface area contributed by atoms with Crippen LogP contribution in [0.5, 0.6) is 0 Å². The minimum absolute atomic E-state index is 0.0794. The van der Waals surface area contributed by atoms with Crippen molar-refractivity contribution in [3.05, 3.63) is 70.8 Å². The Hall–Kier alpha value is -3.36. The molecule has 166 valence electrons. The summed E-state index contributed by atoms with van der Waals surface area (Å²) in [5.74, 6) is -1.61. The largest absolute Gasteiger partial charge is 0.391 e. The lowest BCUT2D eigenvalue weighted by Crippen LogP contribution is -2.37. The molecule has 4 amide bonds. The Bertz CT molecular complexity index is 926. The lowest BCUT2D eigenvalue weighted by molar-refractivity contribution is 0.0500. The normalized spacial score (nSPS) is 17.1. The van der Waals surface area contributed by atoms with Crippen molar-refractivity contribution < 1.29 is 29.4 Å². The lowest BCUT2D eigenvalue weighted by atomic mass is 10.1. The molecule has 32 heavy (non-hydrogen) atoms. The summed E-state index contributed by atoms with van der Waals surface area (Å²) in [5, 5.41) is 20.6. The summed E-state index contributed by atoms with van der Waals surface area (Å²) in [4.78, 5) is 51.6. The van der Waals surface area contributed by atoms with Crippen molar-refractivity contribution in [2.75, 3.05) is 13.1 Å². The first-order chi connectivity index (χ1) is 15.4. The van der Waals surface area contributed by atoms with Crippen molar-refractivity contribution in [2.45, 2.75) is 37.9 Å². The van der Waals surface area contributed by atoms with Crippen LogP contribution in [0.2, 0.25) is 0 Å². The van der Waals surface area contributed by atoms with Gasteiger partial charge in [0.15, 0.2) is 0 Å². The van der Waals surface area contributed by atoms with Crippen molar-refractivity contribution in [1.29, 1.82) is 0 Å². The van der Waals surface area contributed by atoms with E-state index in [0.717, 1.165) is 9.80 Å². The van der Waals surface area contributed by atoms with E-state index in [-0.39, 0.29) is 13.1 Å². The molecule has 0 saturated heterocycles. The molecule has 0 bridgehead atoms. The van der Waals surface area contributed by atoms with Crippen molar-refractivity contribution in [3.8, 4) is 0 Å². The number of hydrogen-bond acceptors (Lipinski definition) is 6. The molecule has 2 heterocycles. The second kappa shape index (κ2) is 9.02. The van der Waals surface area contributed by atoms with Gasteiger partial charge >= 0.3 is 0 Å². The highest BCUT2D eigenvalue weighted by atomic mass is 16.3. The highest BCUT2D eigenvalue weighted by Crippen LogP contribution is 2.24. The molecule has 0 aliphatic carbocycles. The Kier molecular flexibility index (Phi) is 6.16. The Morgan fingerprint density at radius 1 is 0.562 bits per heavy atom. The van der Waals surface area contributed by atoms with E-state index in [2.05, 4.69) is 0 Å². The van der Waals surface area contributed by atoms with Crippen LogP contribution in [-0.2, 0) is 0 Å². The number of β-amino-alcohol motifs (C(OH)–C–C–N with tert-alkyl or cyclic N) is 2. The third kappa shape index (κ3) is 4.06. The molecule has 8 nitrogen and oxygen atoms in total. The molecule has 2 N–H and O–H groups in total. The first kappa shape index (κ1) is 21.9. The topological polar surface area (TPSA) is 115 Å². The molecule has 0 saturated carbocycles. The Labute approximate surface area is 185 Å². The van der Waals surface area contributed by atoms with Gasteiger partial charge in [-0.3, -0.25) is 29.0 Å². The summed E-state index contributed by atoms with van der Waals surface area (Å²) in [6.07, 6.45) is 0.0871. The fraction of sp³-hybridized carbons (Fsp3) is 0.333.